The largest absolute Gasteiger partial charge is 0.399 e. The highest BCUT2D eigenvalue weighted by atomic mass is 19.2. The number of imide groups is 1. The van der Waals surface area contributed by atoms with Crippen LogP contribution in [0.5, 0.6) is 0 Å². The number of nitrogens with zero attached hydrogens (tertiary/aromatic N) is 1. The van der Waals surface area contributed by atoms with Crippen LogP contribution in [0.2, 0.25) is 0 Å². The van der Waals surface area contributed by atoms with Gasteiger partial charge in [-0.3, -0.25) is 9.59 Å². The van der Waals surface area contributed by atoms with Crippen LogP contribution < -0.4 is 10.6 Å². The molecule has 0 fully saturated rings. The SMILES string of the molecule is Nc1ccc2c(c1)C(=O)N(c1cc(F)cc(F)c1F)C2=O. The van der Waals surface area contributed by atoms with Gasteiger partial charge in [0.15, 0.2) is 11.6 Å². The lowest BCUT2D eigenvalue weighted by molar-refractivity contribution is 0.0924. The molecule has 2 aromatic carbocycles. The Bertz CT molecular complexity index is 805. The maximum absolute atomic E-state index is 13.8. The van der Waals surface area contributed by atoms with Crippen molar-refractivity contribution in [1.29, 1.82) is 0 Å². The zero-order chi connectivity index (χ0) is 15.3. The third-order valence-electron chi connectivity index (χ3n) is 3.13. The van der Waals surface area contributed by atoms with Gasteiger partial charge in [-0.25, -0.2) is 18.1 Å². The van der Waals surface area contributed by atoms with E-state index in [0.29, 0.717) is 17.0 Å². The van der Waals surface area contributed by atoms with Crippen molar-refractivity contribution in [2.75, 3.05) is 10.6 Å². The molecule has 0 atom stereocenters. The number of carbonyl (C=O) groups is 2. The molecule has 0 saturated carbocycles. The smallest absolute Gasteiger partial charge is 0.266 e. The summed E-state index contributed by atoms with van der Waals surface area (Å²) in [5.74, 6) is -5.80. The van der Waals surface area contributed by atoms with Crippen molar-refractivity contribution in [1.82, 2.24) is 0 Å². The van der Waals surface area contributed by atoms with Crippen molar-refractivity contribution < 1.29 is 22.8 Å². The predicted octanol–water partition coefficient (Wildman–Crippen LogP) is 2.49. The van der Waals surface area contributed by atoms with E-state index in [2.05, 4.69) is 0 Å². The van der Waals surface area contributed by atoms with Gasteiger partial charge in [-0.05, 0) is 18.2 Å². The van der Waals surface area contributed by atoms with Crippen LogP contribution in [-0.2, 0) is 0 Å². The van der Waals surface area contributed by atoms with Gasteiger partial charge in [0.1, 0.15) is 5.82 Å². The standard InChI is InChI=1S/C14H7F3N2O2/c15-6-3-10(16)12(17)11(4-6)19-13(20)8-2-1-7(18)5-9(8)14(19)21/h1-5H,18H2. The number of fused-ring (bicyclic) bond motifs is 1. The highest BCUT2D eigenvalue weighted by molar-refractivity contribution is 6.34. The number of anilines is 2. The predicted molar refractivity (Wildman–Crippen MR) is 68.3 cm³/mol. The molecule has 0 aliphatic carbocycles. The third-order valence-corrected chi connectivity index (χ3v) is 3.13. The molecule has 7 heteroatoms. The Balaban J connectivity index is 2.19. The number of halogens is 3. The fourth-order valence-corrected chi connectivity index (χ4v) is 2.18. The van der Waals surface area contributed by atoms with Crippen LogP contribution in [0.3, 0.4) is 0 Å². The molecule has 0 aromatic heterocycles. The summed E-state index contributed by atoms with van der Waals surface area (Å²) in [7, 11) is 0. The molecule has 0 radical (unpaired) electrons. The summed E-state index contributed by atoms with van der Waals surface area (Å²) in [5, 5.41) is 0. The molecule has 1 aliphatic rings. The molecule has 106 valence electrons. The minimum Gasteiger partial charge on any atom is -0.399 e. The minimum atomic E-state index is -1.49. The van der Waals surface area contributed by atoms with Gasteiger partial charge in [0.05, 0.1) is 16.8 Å². The average molecular weight is 292 g/mol. The van der Waals surface area contributed by atoms with Crippen LogP contribution in [0, 0.1) is 17.5 Å². The number of rotatable bonds is 1. The van der Waals surface area contributed by atoms with E-state index >= 15 is 0 Å². The van der Waals surface area contributed by atoms with Gasteiger partial charge in [0, 0.05) is 17.8 Å². The molecule has 0 spiro atoms. The quantitative estimate of drug-likeness (QED) is 0.499. The first kappa shape index (κ1) is 13.2. The first-order valence-electron chi connectivity index (χ1n) is 5.83. The monoisotopic (exact) mass is 292 g/mol. The second-order valence-electron chi connectivity index (χ2n) is 4.47. The second kappa shape index (κ2) is 4.34. The molecular weight excluding hydrogens is 285 g/mol. The van der Waals surface area contributed by atoms with Gasteiger partial charge in [0.2, 0.25) is 0 Å². The van der Waals surface area contributed by atoms with E-state index in [4.69, 9.17) is 5.73 Å². The molecule has 4 nitrogen and oxygen atoms in total. The van der Waals surface area contributed by atoms with E-state index in [1.165, 1.54) is 18.2 Å². The second-order valence-corrected chi connectivity index (χ2v) is 4.47. The van der Waals surface area contributed by atoms with Crippen molar-refractivity contribution in [3.8, 4) is 0 Å². The van der Waals surface area contributed by atoms with Crippen LogP contribution in [0.15, 0.2) is 30.3 Å². The van der Waals surface area contributed by atoms with E-state index in [0.717, 1.165) is 0 Å². The summed E-state index contributed by atoms with van der Waals surface area (Å²) in [6, 6.07) is 4.87. The fraction of sp³-hybridized carbons (Fsp3) is 0. The van der Waals surface area contributed by atoms with Gasteiger partial charge in [-0.2, -0.15) is 0 Å². The van der Waals surface area contributed by atoms with E-state index < -0.39 is 35.0 Å². The van der Waals surface area contributed by atoms with Crippen LogP contribution in [0.4, 0.5) is 24.5 Å². The lowest BCUT2D eigenvalue weighted by Gasteiger charge is -2.15. The van der Waals surface area contributed by atoms with Crippen molar-refractivity contribution >= 4 is 23.2 Å². The maximum atomic E-state index is 13.8. The molecule has 2 aromatic rings. The molecule has 3 rings (SSSR count). The number of amides is 2. The number of hydrogen-bond donors (Lipinski definition) is 1. The molecule has 2 N–H and O–H groups in total. The maximum Gasteiger partial charge on any atom is 0.266 e. The highest BCUT2D eigenvalue weighted by Crippen LogP contribution is 2.32. The molecule has 1 aliphatic heterocycles. The van der Waals surface area contributed by atoms with Crippen LogP contribution in [-0.4, -0.2) is 11.8 Å². The zero-order valence-corrected chi connectivity index (χ0v) is 10.4. The summed E-state index contributed by atoms with van der Waals surface area (Å²) in [6.07, 6.45) is 0. The van der Waals surface area contributed by atoms with Crippen LogP contribution in [0.1, 0.15) is 20.7 Å². The Labute approximate surface area is 116 Å². The normalized spacial score (nSPS) is 13.8. The van der Waals surface area contributed by atoms with Crippen molar-refractivity contribution in [3.05, 3.63) is 58.9 Å². The number of hydrogen-bond acceptors (Lipinski definition) is 3. The first-order valence-corrected chi connectivity index (χ1v) is 5.83. The molecule has 1 heterocycles. The summed E-state index contributed by atoms with van der Waals surface area (Å²) < 4.78 is 40.3. The molecule has 0 bridgehead atoms. The first-order chi connectivity index (χ1) is 9.90. The Morgan fingerprint density at radius 3 is 2.29 bits per heavy atom. The van der Waals surface area contributed by atoms with Gasteiger partial charge < -0.3 is 5.73 Å². The zero-order valence-electron chi connectivity index (χ0n) is 10.4. The van der Waals surface area contributed by atoms with Gasteiger partial charge in [0.25, 0.3) is 11.8 Å². The average Bonchev–Trinajstić information content (AvgIpc) is 2.66. The number of nitrogen functional groups attached to an aromatic ring is 1. The van der Waals surface area contributed by atoms with Crippen molar-refractivity contribution in [2.24, 2.45) is 0 Å². The minimum absolute atomic E-state index is 0.00160. The lowest BCUT2D eigenvalue weighted by Crippen LogP contribution is -2.30. The number of benzene rings is 2. The van der Waals surface area contributed by atoms with E-state index in [1.54, 1.807) is 0 Å². The van der Waals surface area contributed by atoms with Crippen molar-refractivity contribution in [3.63, 3.8) is 0 Å². The van der Waals surface area contributed by atoms with Gasteiger partial charge >= 0.3 is 0 Å². The molecule has 21 heavy (non-hydrogen) atoms. The lowest BCUT2D eigenvalue weighted by atomic mass is 10.1. The summed E-state index contributed by atoms with van der Waals surface area (Å²) in [6.45, 7) is 0. The molecule has 2 amide bonds. The Morgan fingerprint density at radius 2 is 1.57 bits per heavy atom. The Morgan fingerprint density at radius 1 is 0.905 bits per heavy atom. The molecular formula is C14H7F3N2O2. The van der Waals surface area contributed by atoms with E-state index in [9.17, 15) is 22.8 Å². The van der Waals surface area contributed by atoms with E-state index in [-0.39, 0.29) is 16.8 Å². The molecule has 0 unspecified atom stereocenters. The fourth-order valence-electron chi connectivity index (χ4n) is 2.18. The van der Waals surface area contributed by atoms with E-state index in [1.807, 2.05) is 0 Å². The number of carbonyl (C=O) groups excluding carboxylic acids is 2. The molecule has 0 saturated heterocycles. The number of nitrogens with two attached hydrogens (primary N) is 1. The highest BCUT2D eigenvalue weighted by Gasteiger charge is 2.38. The Kier molecular flexibility index (Phi) is 2.72. The topological polar surface area (TPSA) is 63.4 Å². The van der Waals surface area contributed by atoms with Crippen LogP contribution >= 0.6 is 0 Å². The summed E-state index contributed by atoms with van der Waals surface area (Å²) in [4.78, 5) is 24.7. The Hall–Kier alpha value is -2.83. The summed E-state index contributed by atoms with van der Waals surface area (Å²) in [5.41, 5.74) is 4.96. The third kappa shape index (κ3) is 1.85. The summed E-state index contributed by atoms with van der Waals surface area (Å²) >= 11 is 0. The van der Waals surface area contributed by atoms with Gasteiger partial charge in [-0.15, -0.1) is 0 Å². The van der Waals surface area contributed by atoms with Crippen LogP contribution in [0.25, 0.3) is 0 Å². The van der Waals surface area contributed by atoms with Crippen molar-refractivity contribution in [2.45, 2.75) is 0 Å². The van der Waals surface area contributed by atoms with Gasteiger partial charge in [-0.1, -0.05) is 0 Å².